The molecule has 1 aliphatic carbocycles. The molecule has 276 valence electrons. The van der Waals surface area contributed by atoms with E-state index in [0.29, 0.717) is 31.7 Å². The Hall–Kier alpha value is -2.96. The Labute approximate surface area is 309 Å². The fourth-order valence-electron chi connectivity index (χ4n) is 5.79. The van der Waals surface area contributed by atoms with Crippen molar-refractivity contribution in [3.05, 3.63) is 47.7 Å². The van der Waals surface area contributed by atoms with Crippen LogP contribution < -0.4 is 16.1 Å². The van der Waals surface area contributed by atoms with Gasteiger partial charge in [0, 0.05) is 17.6 Å². The Kier molecular flexibility index (Phi) is 15.8. The van der Waals surface area contributed by atoms with Crippen molar-refractivity contribution in [3.63, 3.8) is 0 Å². The molecule has 2 aliphatic rings. The third-order valence-corrected chi connectivity index (χ3v) is 9.17. The van der Waals surface area contributed by atoms with Gasteiger partial charge in [-0.25, -0.2) is 5.43 Å². The Morgan fingerprint density at radius 2 is 1.82 bits per heavy atom. The number of nitrogens with one attached hydrogen (secondary N) is 3. The lowest BCUT2D eigenvalue weighted by Crippen LogP contribution is -2.60. The summed E-state index contributed by atoms with van der Waals surface area (Å²) in [5.74, 6) is -1.11. The van der Waals surface area contributed by atoms with Crippen LogP contribution in [0.3, 0.4) is 0 Å². The van der Waals surface area contributed by atoms with Crippen LogP contribution in [0.15, 0.2) is 36.4 Å². The number of carbonyl (C=O) groups is 4. The molecule has 3 atom stereocenters. The van der Waals surface area contributed by atoms with E-state index >= 15 is 0 Å². The van der Waals surface area contributed by atoms with E-state index in [1.165, 1.54) is 22.9 Å². The zero-order valence-electron chi connectivity index (χ0n) is 29.4. The fraction of sp³-hybridized carbons (Fsp3) is 0.583. The first-order valence-corrected chi connectivity index (χ1v) is 18.3. The zero-order chi connectivity index (χ0) is 37.1. The molecule has 0 spiro atoms. The van der Waals surface area contributed by atoms with Crippen LogP contribution in [-0.2, 0) is 30.3 Å². The monoisotopic (exact) mass is 753 g/mol. The predicted molar refractivity (Wildman–Crippen MR) is 197 cm³/mol. The molecule has 11 nitrogen and oxygen atoms in total. The van der Waals surface area contributed by atoms with Crippen molar-refractivity contribution < 1.29 is 29.0 Å². The number of hydrogen-bond acceptors (Lipinski definition) is 8. The summed E-state index contributed by atoms with van der Waals surface area (Å²) >= 11 is 16.7. The van der Waals surface area contributed by atoms with Crippen LogP contribution >= 0.6 is 34.8 Å². The highest BCUT2D eigenvalue weighted by molar-refractivity contribution is 6.67. The molecule has 1 aromatic carbocycles. The molecule has 2 fully saturated rings. The molecule has 4 rings (SSSR count). The van der Waals surface area contributed by atoms with Gasteiger partial charge in [-0.15, -0.1) is 0 Å². The molecule has 1 saturated carbocycles. The number of esters is 1. The second-order valence-electron chi connectivity index (χ2n) is 13.6. The van der Waals surface area contributed by atoms with Gasteiger partial charge in [-0.05, 0) is 88.3 Å². The second-order valence-corrected chi connectivity index (χ2v) is 16.1. The number of aliphatic hydroxyl groups is 1. The molecule has 14 heteroatoms. The Morgan fingerprint density at radius 3 is 2.44 bits per heavy atom. The largest absolute Gasteiger partial charge is 0.460 e. The molecule has 1 aromatic heterocycles. The van der Waals surface area contributed by atoms with Crippen LogP contribution in [-0.4, -0.2) is 80.0 Å². The number of nitrogens with zero attached hydrogens (tertiary/aromatic N) is 2. The Balaban J connectivity index is 0.000000277. The maximum Gasteiger partial charge on any atom is 0.325 e. The molecule has 0 bridgehead atoms. The minimum Gasteiger partial charge on any atom is -0.460 e. The quantitative estimate of drug-likeness (QED) is 0.135. The summed E-state index contributed by atoms with van der Waals surface area (Å²) in [5, 5.41) is 17.5. The summed E-state index contributed by atoms with van der Waals surface area (Å²) in [4.78, 5) is 52.4. The van der Waals surface area contributed by atoms with E-state index in [9.17, 15) is 24.3 Å². The van der Waals surface area contributed by atoms with Crippen molar-refractivity contribution in [3.8, 4) is 0 Å². The van der Waals surface area contributed by atoms with E-state index in [1.807, 2.05) is 6.92 Å². The summed E-state index contributed by atoms with van der Waals surface area (Å²) in [7, 11) is 0. The molecule has 4 N–H and O–H groups in total. The number of amides is 3. The number of benzene rings is 1. The number of ether oxygens (including phenoxy) is 1. The number of fused-ring (bicyclic) bond motifs is 1. The van der Waals surface area contributed by atoms with Crippen molar-refractivity contribution in [1.82, 2.24) is 26.1 Å². The molecule has 1 saturated heterocycles. The maximum absolute atomic E-state index is 12.6. The van der Waals surface area contributed by atoms with Gasteiger partial charge in [-0.1, -0.05) is 85.9 Å². The molecule has 50 heavy (non-hydrogen) atoms. The third-order valence-electron chi connectivity index (χ3n) is 8.85. The van der Waals surface area contributed by atoms with Crippen molar-refractivity contribution >= 4 is 76.0 Å². The van der Waals surface area contributed by atoms with E-state index in [1.54, 1.807) is 13.8 Å². The summed E-state index contributed by atoms with van der Waals surface area (Å²) in [6, 6.07) is 8.33. The van der Waals surface area contributed by atoms with Crippen molar-refractivity contribution in [2.75, 3.05) is 13.2 Å². The van der Waals surface area contributed by atoms with Crippen LogP contribution in [0.2, 0.25) is 0 Å². The van der Waals surface area contributed by atoms with Crippen LogP contribution in [0.5, 0.6) is 0 Å². The minimum absolute atomic E-state index is 0.155. The molecule has 0 radical (unpaired) electrons. The highest BCUT2D eigenvalue weighted by Gasteiger charge is 2.34. The number of pyridine rings is 1. The molecular weight excluding hydrogens is 705 g/mol. The number of rotatable bonds is 11. The number of alkyl halides is 3. The van der Waals surface area contributed by atoms with Gasteiger partial charge in [-0.3, -0.25) is 29.2 Å². The van der Waals surface area contributed by atoms with Crippen LogP contribution in [0.1, 0.15) is 84.4 Å². The van der Waals surface area contributed by atoms with Crippen molar-refractivity contribution in [2.24, 2.45) is 11.8 Å². The molecule has 3 unspecified atom stereocenters. The summed E-state index contributed by atoms with van der Waals surface area (Å²) < 4.78 is 3.22. The highest BCUT2D eigenvalue weighted by atomic mass is 35.6. The van der Waals surface area contributed by atoms with Crippen LogP contribution in [0, 0.1) is 11.8 Å². The lowest BCUT2D eigenvalue weighted by atomic mass is 9.80. The molecular formula is C36H50Cl3N5O6. The van der Waals surface area contributed by atoms with Gasteiger partial charge in [0.15, 0.2) is 0 Å². The number of allylic oxidation sites excluding steroid dienone is 1. The lowest BCUT2D eigenvalue weighted by Gasteiger charge is -2.34. The lowest BCUT2D eigenvalue weighted by molar-refractivity contribution is -0.152. The molecule has 2 heterocycles. The van der Waals surface area contributed by atoms with Gasteiger partial charge >= 0.3 is 5.97 Å². The van der Waals surface area contributed by atoms with E-state index in [-0.39, 0.29) is 5.92 Å². The van der Waals surface area contributed by atoms with Crippen LogP contribution in [0.25, 0.3) is 17.0 Å². The first-order chi connectivity index (χ1) is 23.5. The van der Waals surface area contributed by atoms with Gasteiger partial charge in [-0.2, -0.15) is 0 Å². The average molecular weight is 755 g/mol. The van der Waals surface area contributed by atoms with E-state index in [4.69, 9.17) is 44.5 Å². The number of aryl methyl sites for hydroxylation is 1. The first-order valence-electron chi connectivity index (χ1n) is 17.1. The van der Waals surface area contributed by atoms with Gasteiger partial charge in [0.05, 0.1) is 11.1 Å². The smallest absolute Gasteiger partial charge is 0.325 e. The third kappa shape index (κ3) is 13.3. The van der Waals surface area contributed by atoms with Crippen molar-refractivity contribution in [2.45, 2.75) is 107 Å². The average Bonchev–Trinajstić information content (AvgIpc) is 3.08. The van der Waals surface area contributed by atoms with E-state index < -0.39 is 51.9 Å². The molecule has 3 amide bonds. The minimum atomic E-state index is -1.72. The van der Waals surface area contributed by atoms with Crippen molar-refractivity contribution in [1.29, 1.82) is 0 Å². The summed E-state index contributed by atoms with van der Waals surface area (Å²) in [6.07, 6.45) is 10.9. The van der Waals surface area contributed by atoms with Crippen LogP contribution in [0.4, 0.5) is 0 Å². The fourth-order valence-corrected chi connectivity index (χ4v) is 5.95. The zero-order valence-corrected chi connectivity index (χ0v) is 31.7. The normalized spacial score (nSPS) is 22.3. The number of aromatic nitrogens is 1. The van der Waals surface area contributed by atoms with E-state index in [0.717, 1.165) is 43.3 Å². The number of halogens is 3. The van der Waals surface area contributed by atoms with Gasteiger partial charge in [0.25, 0.3) is 5.91 Å². The van der Waals surface area contributed by atoms with Gasteiger partial charge in [0.2, 0.25) is 16.1 Å². The number of hydrazine groups is 1. The molecule has 1 aliphatic heterocycles. The Morgan fingerprint density at radius 1 is 1.14 bits per heavy atom. The summed E-state index contributed by atoms with van der Waals surface area (Å²) in [6.45, 7) is 9.09. The van der Waals surface area contributed by atoms with Gasteiger partial charge in [0.1, 0.15) is 24.7 Å². The number of carbonyl (C=O) groups excluding carboxylic acids is 4. The first kappa shape index (κ1) is 41.5. The maximum atomic E-state index is 12.6. The Bertz CT molecular complexity index is 1490. The molecule has 2 aromatic rings. The highest BCUT2D eigenvalue weighted by Crippen LogP contribution is 2.33. The second kappa shape index (κ2) is 19.0. The van der Waals surface area contributed by atoms with E-state index in [2.05, 4.69) is 65.5 Å². The number of hydrogen-bond donors (Lipinski definition) is 4. The topological polar surface area (TPSA) is 150 Å². The standard InChI is InChI=1S/C20H25NO.C16H25Cl3N4O5/c1-3-18-9-8-17-7-6-16(14-19(17)21-18)5-4-15-10-12-20(2,22)13-11-15;1-9(2)12(20-8-24)13(25)21-10(3)14(26)23-6-4-5-11(22-23)15(27)28-7-16(17,18)19/h4-9,14-15,22H,3,10-13H2,1-2H3;8-12,22H,4-7H2,1-3H3,(H,20,24)(H,21,25)/b5-4+;. The van der Waals surface area contributed by atoms with Gasteiger partial charge < -0.3 is 20.5 Å². The predicted octanol–water partition coefficient (Wildman–Crippen LogP) is 5.42. The SMILES string of the molecule is CC(NC(=O)C(NC=O)C(C)C)C(=O)N1CCCC(C(=O)OCC(Cl)(Cl)Cl)N1.CCc1ccc2ccc(/C=C/C3CCC(C)(O)CC3)cc2n1. The summed E-state index contributed by atoms with van der Waals surface area (Å²) in [5.41, 5.74) is 5.76.